The molecule has 0 radical (unpaired) electrons. The van der Waals surface area contributed by atoms with E-state index in [1.165, 1.54) is 0 Å². The standard InChI is InChI=1S/C21H25N3O3/c1-23(21(27)22-18-7-3-2-4-8-18)15-16-6-5-9-19(14-16)24-12-10-17(11-13-24)20(25)26/h2-9,14,17H,10-13,15H2,1H3,(H,22,27)(H,25,26). The van der Waals surface area contributed by atoms with Crippen LogP contribution in [0.2, 0.25) is 0 Å². The Morgan fingerprint density at radius 1 is 1.11 bits per heavy atom. The fourth-order valence-electron chi connectivity index (χ4n) is 3.32. The van der Waals surface area contributed by atoms with E-state index in [9.17, 15) is 9.59 Å². The van der Waals surface area contributed by atoms with Gasteiger partial charge in [0, 0.05) is 38.1 Å². The number of carboxylic acid groups (broad SMARTS) is 1. The Morgan fingerprint density at radius 2 is 1.81 bits per heavy atom. The van der Waals surface area contributed by atoms with Gasteiger partial charge in [0.2, 0.25) is 0 Å². The molecule has 2 aromatic carbocycles. The summed E-state index contributed by atoms with van der Waals surface area (Å²) in [5, 5.41) is 12.0. The highest BCUT2D eigenvalue weighted by Crippen LogP contribution is 2.24. The first kappa shape index (κ1) is 18.8. The highest BCUT2D eigenvalue weighted by Gasteiger charge is 2.24. The summed E-state index contributed by atoms with van der Waals surface area (Å²) < 4.78 is 0. The number of anilines is 2. The van der Waals surface area contributed by atoms with Crippen LogP contribution in [0, 0.1) is 5.92 Å². The molecule has 1 aliphatic heterocycles. The van der Waals surface area contributed by atoms with E-state index in [-0.39, 0.29) is 11.9 Å². The van der Waals surface area contributed by atoms with Crippen molar-refractivity contribution in [3.63, 3.8) is 0 Å². The molecule has 2 N–H and O–H groups in total. The van der Waals surface area contributed by atoms with E-state index in [0.717, 1.165) is 30.0 Å². The summed E-state index contributed by atoms with van der Waals surface area (Å²) in [6.45, 7) is 1.98. The minimum absolute atomic E-state index is 0.158. The molecule has 142 valence electrons. The zero-order valence-corrected chi connectivity index (χ0v) is 15.5. The predicted octanol–water partition coefficient (Wildman–Crippen LogP) is 3.65. The maximum absolute atomic E-state index is 12.4. The Labute approximate surface area is 159 Å². The van der Waals surface area contributed by atoms with Crippen LogP contribution < -0.4 is 10.2 Å². The number of aliphatic carboxylic acids is 1. The molecule has 2 amide bonds. The number of hydrogen-bond acceptors (Lipinski definition) is 3. The van der Waals surface area contributed by atoms with Crippen LogP contribution in [0.1, 0.15) is 18.4 Å². The predicted molar refractivity (Wildman–Crippen MR) is 106 cm³/mol. The molecule has 0 saturated carbocycles. The molecular formula is C21H25N3O3. The van der Waals surface area contributed by atoms with Crippen LogP contribution in [0.25, 0.3) is 0 Å². The van der Waals surface area contributed by atoms with Gasteiger partial charge in [-0.15, -0.1) is 0 Å². The van der Waals surface area contributed by atoms with Crippen LogP contribution in [0.4, 0.5) is 16.2 Å². The Hall–Kier alpha value is -3.02. The van der Waals surface area contributed by atoms with E-state index >= 15 is 0 Å². The summed E-state index contributed by atoms with van der Waals surface area (Å²) in [5.74, 6) is -0.938. The molecule has 1 heterocycles. The van der Waals surface area contributed by atoms with Gasteiger partial charge in [0.25, 0.3) is 0 Å². The molecule has 1 saturated heterocycles. The zero-order chi connectivity index (χ0) is 19.2. The van der Waals surface area contributed by atoms with Crippen LogP contribution >= 0.6 is 0 Å². The van der Waals surface area contributed by atoms with E-state index in [1.807, 2.05) is 48.5 Å². The van der Waals surface area contributed by atoms with E-state index in [2.05, 4.69) is 16.3 Å². The zero-order valence-electron chi connectivity index (χ0n) is 15.5. The van der Waals surface area contributed by atoms with Crippen molar-refractivity contribution in [3.8, 4) is 0 Å². The van der Waals surface area contributed by atoms with Gasteiger partial charge in [0.1, 0.15) is 0 Å². The number of carbonyl (C=O) groups excluding carboxylic acids is 1. The lowest BCUT2D eigenvalue weighted by Crippen LogP contribution is -2.36. The minimum atomic E-state index is -0.700. The average molecular weight is 367 g/mol. The number of amides is 2. The molecule has 6 nitrogen and oxygen atoms in total. The molecule has 6 heteroatoms. The van der Waals surface area contributed by atoms with Gasteiger partial charge in [-0.05, 0) is 42.7 Å². The lowest BCUT2D eigenvalue weighted by atomic mass is 9.96. The van der Waals surface area contributed by atoms with Crippen LogP contribution in [0.15, 0.2) is 54.6 Å². The van der Waals surface area contributed by atoms with Crippen molar-refractivity contribution in [3.05, 3.63) is 60.2 Å². The van der Waals surface area contributed by atoms with Gasteiger partial charge in [0.05, 0.1) is 5.92 Å². The molecule has 0 spiro atoms. The number of benzene rings is 2. The first-order valence-corrected chi connectivity index (χ1v) is 9.17. The highest BCUT2D eigenvalue weighted by atomic mass is 16.4. The topological polar surface area (TPSA) is 72.9 Å². The molecule has 0 atom stereocenters. The van der Waals surface area contributed by atoms with Gasteiger partial charge in [-0.25, -0.2) is 4.79 Å². The number of carboxylic acids is 1. The van der Waals surface area contributed by atoms with Gasteiger partial charge in [-0.3, -0.25) is 4.79 Å². The van der Waals surface area contributed by atoms with Crippen molar-refractivity contribution in [1.82, 2.24) is 4.90 Å². The second kappa shape index (κ2) is 8.58. The molecule has 1 fully saturated rings. The third kappa shape index (κ3) is 5.00. The van der Waals surface area contributed by atoms with Crippen LogP contribution in [0.5, 0.6) is 0 Å². The Bertz CT molecular complexity index is 786. The normalized spacial score (nSPS) is 14.6. The van der Waals surface area contributed by atoms with Crippen LogP contribution in [-0.4, -0.2) is 42.1 Å². The van der Waals surface area contributed by atoms with E-state index in [4.69, 9.17) is 5.11 Å². The summed E-state index contributed by atoms with van der Waals surface area (Å²) in [4.78, 5) is 27.3. The smallest absolute Gasteiger partial charge is 0.321 e. The SMILES string of the molecule is CN(Cc1cccc(N2CCC(C(=O)O)CC2)c1)C(=O)Nc1ccccc1. The Balaban J connectivity index is 1.59. The number of carbonyl (C=O) groups is 2. The van der Waals surface area contributed by atoms with Crippen molar-refractivity contribution in [2.45, 2.75) is 19.4 Å². The molecule has 3 rings (SSSR count). The van der Waals surface area contributed by atoms with Crippen molar-refractivity contribution in [2.24, 2.45) is 5.92 Å². The number of nitrogens with one attached hydrogen (secondary N) is 1. The van der Waals surface area contributed by atoms with Crippen molar-refractivity contribution < 1.29 is 14.7 Å². The second-order valence-electron chi connectivity index (χ2n) is 6.92. The summed E-state index contributed by atoms with van der Waals surface area (Å²) in [7, 11) is 1.77. The molecule has 0 aromatic heterocycles. The van der Waals surface area contributed by atoms with E-state index in [1.54, 1.807) is 11.9 Å². The molecule has 0 aliphatic carbocycles. The molecule has 1 aliphatic rings. The lowest BCUT2D eigenvalue weighted by molar-refractivity contribution is -0.142. The van der Waals surface area contributed by atoms with Gasteiger partial charge in [0.15, 0.2) is 0 Å². The minimum Gasteiger partial charge on any atom is -0.481 e. The molecule has 0 bridgehead atoms. The fraction of sp³-hybridized carbons (Fsp3) is 0.333. The molecule has 2 aromatic rings. The third-order valence-corrected chi connectivity index (χ3v) is 4.91. The van der Waals surface area contributed by atoms with E-state index in [0.29, 0.717) is 19.4 Å². The fourth-order valence-corrected chi connectivity index (χ4v) is 3.32. The lowest BCUT2D eigenvalue weighted by Gasteiger charge is -2.32. The molecular weight excluding hydrogens is 342 g/mol. The Morgan fingerprint density at radius 3 is 2.48 bits per heavy atom. The van der Waals surface area contributed by atoms with Crippen molar-refractivity contribution in [1.29, 1.82) is 0 Å². The highest BCUT2D eigenvalue weighted by molar-refractivity contribution is 5.89. The monoisotopic (exact) mass is 367 g/mol. The van der Waals surface area contributed by atoms with Crippen LogP contribution in [0.3, 0.4) is 0 Å². The molecule has 27 heavy (non-hydrogen) atoms. The largest absolute Gasteiger partial charge is 0.481 e. The number of para-hydroxylation sites is 1. The summed E-state index contributed by atoms with van der Waals surface area (Å²) >= 11 is 0. The first-order valence-electron chi connectivity index (χ1n) is 9.17. The summed E-state index contributed by atoms with van der Waals surface area (Å²) in [6.07, 6.45) is 1.33. The van der Waals surface area contributed by atoms with Gasteiger partial charge >= 0.3 is 12.0 Å². The summed E-state index contributed by atoms with van der Waals surface area (Å²) in [5.41, 5.74) is 2.89. The summed E-state index contributed by atoms with van der Waals surface area (Å²) in [6, 6.07) is 17.3. The number of rotatable bonds is 5. The van der Waals surface area contributed by atoms with Crippen molar-refractivity contribution >= 4 is 23.4 Å². The molecule has 0 unspecified atom stereocenters. The second-order valence-corrected chi connectivity index (χ2v) is 6.92. The quantitative estimate of drug-likeness (QED) is 0.846. The maximum atomic E-state index is 12.4. The van der Waals surface area contributed by atoms with E-state index < -0.39 is 5.97 Å². The number of piperidine rings is 1. The van der Waals surface area contributed by atoms with Gasteiger partial charge < -0.3 is 20.2 Å². The third-order valence-electron chi connectivity index (χ3n) is 4.91. The number of hydrogen-bond donors (Lipinski definition) is 2. The van der Waals surface area contributed by atoms with Crippen molar-refractivity contribution in [2.75, 3.05) is 30.4 Å². The number of nitrogens with zero attached hydrogens (tertiary/aromatic N) is 2. The van der Waals surface area contributed by atoms with Gasteiger partial charge in [-0.1, -0.05) is 30.3 Å². The average Bonchev–Trinajstić information content (AvgIpc) is 2.69. The number of urea groups is 1. The van der Waals surface area contributed by atoms with Crippen LogP contribution in [-0.2, 0) is 11.3 Å². The maximum Gasteiger partial charge on any atom is 0.321 e. The first-order chi connectivity index (χ1) is 13.0. The Kier molecular flexibility index (Phi) is 5.96. The van der Waals surface area contributed by atoms with Gasteiger partial charge in [-0.2, -0.15) is 0 Å².